The van der Waals surface area contributed by atoms with Crippen LogP contribution in [0.1, 0.15) is 0 Å². The van der Waals surface area contributed by atoms with Crippen molar-refractivity contribution < 1.29 is 4.79 Å². The van der Waals surface area contributed by atoms with Crippen LogP contribution in [0.4, 0.5) is 0 Å². The van der Waals surface area contributed by atoms with E-state index in [1.807, 2.05) is 0 Å². The minimum atomic E-state index is 0.640. The van der Waals surface area contributed by atoms with E-state index in [2.05, 4.69) is 10.6 Å². The Balaban J connectivity index is 2.66. The second kappa shape index (κ2) is 7.39. The molecule has 0 heterocycles. The molecular formula is C5H13N3O. The minimum Gasteiger partial charge on any atom is -0.357 e. The minimum absolute atomic E-state index is 0.640. The first-order valence-electron chi connectivity index (χ1n) is 2.99. The number of hydrogen-bond acceptors (Lipinski definition) is 3. The van der Waals surface area contributed by atoms with Crippen LogP contribution < -0.4 is 16.4 Å². The van der Waals surface area contributed by atoms with Gasteiger partial charge in [-0.25, -0.2) is 0 Å². The van der Waals surface area contributed by atoms with Crippen molar-refractivity contribution in [2.45, 2.75) is 0 Å². The summed E-state index contributed by atoms with van der Waals surface area (Å²) < 4.78 is 0. The fraction of sp³-hybridized carbons (Fsp3) is 0.800. The molecule has 0 saturated carbocycles. The fourth-order valence-electron chi connectivity index (χ4n) is 0.447. The van der Waals surface area contributed by atoms with E-state index in [0.717, 1.165) is 13.1 Å². The maximum absolute atomic E-state index is 9.67. The highest BCUT2D eigenvalue weighted by Crippen LogP contribution is 1.53. The van der Waals surface area contributed by atoms with Crippen molar-refractivity contribution in [3.05, 3.63) is 0 Å². The predicted molar refractivity (Wildman–Crippen MR) is 36.0 cm³/mol. The van der Waals surface area contributed by atoms with E-state index in [-0.39, 0.29) is 0 Å². The van der Waals surface area contributed by atoms with Crippen LogP contribution in [0.25, 0.3) is 0 Å². The maximum Gasteiger partial charge on any atom is 0.207 e. The van der Waals surface area contributed by atoms with Gasteiger partial charge in [0.25, 0.3) is 0 Å². The Morgan fingerprint density at radius 3 is 2.67 bits per heavy atom. The highest BCUT2D eigenvalue weighted by Gasteiger charge is 1.81. The molecule has 0 rings (SSSR count). The molecule has 0 radical (unpaired) electrons. The van der Waals surface area contributed by atoms with Gasteiger partial charge < -0.3 is 16.4 Å². The zero-order chi connectivity index (χ0) is 6.95. The molecule has 0 aromatic rings. The molecule has 0 aliphatic carbocycles. The largest absolute Gasteiger partial charge is 0.357 e. The van der Waals surface area contributed by atoms with E-state index in [1.54, 1.807) is 0 Å². The predicted octanol–water partition coefficient (Wildman–Crippen LogP) is -1.72. The Morgan fingerprint density at radius 1 is 1.33 bits per heavy atom. The maximum atomic E-state index is 9.67. The molecule has 0 aromatic carbocycles. The van der Waals surface area contributed by atoms with Gasteiger partial charge in [-0.2, -0.15) is 0 Å². The molecule has 0 fully saturated rings. The standard InChI is InChI=1S/C5H13N3O/c6-1-2-7-3-4-8-5-9/h5,7H,1-4,6H2,(H,8,9). The van der Waals surface area contributed by atoms with E-state index < -0.39 is 0 Å². The Hall–Kier alpha value is -0.610. The van der Waals surface area contributed by atoms with Crippen molar-refractivity contribution in [2.75, 3.05) is 26.2 Å². The van der Waals surface area contributed by atoms with Gasteiger partial charge in [0.15, 0.2) is 0 Å². The lowest BCUT2D eigenvalue weighted by atomic mass is 10.5. The summed E-state index contributed by atoms with van der Waals surface area (Å²) in [6.45, 7) is 2.90. The van der Waals surface area contributed by atoms with Crippen molar-refractivity contribution in [2.24, 2.45) is 5.73 Å². The SMILES string of the molecule is NCCNCCNC=O. The average Bonchev–Trinajstić information content (AvgIpc) is 1.89. The van der Waals surface area contributed by atoms with Crippen LogP contribution in [0, 0.1) is 0 Å². The lowest BCUT2D eigenvalue weighted by Crippen LogP contribution is -2.30. The van der Waals surface area contributed by atoms with Gasteiger partial charge in [-0.05, 0) is 0 Å². The van der Waals surface area contributed by atoms with Crippen molar-refractivity contribution in [1.29, 1.82) is 0 Å². The monoisotopic (exact) mass is 131 g/mol. The van der Waals surface area contributed by atoms with Crippen LogP contribution in [-0.2, 0) is 4.79 Å². The molecular weight excluding hydrogens is 118 g/mol. The second-order valence-electron chi connectivity index (χ2n) is 1.61. The highest BCUT2D eigenvalue weighted by molar-refractivity contribution is 5.45. The van der Waals surface area contributed by atoms with Crippen molar-refractivity contribution in [1.82, 2.24) is 10.6 Å². The summed E-state index contributed by atoms with van der Waals surface area (Å²) in [6.07, 6.45) is 0.685. The zero-order valence-electron chi connectivity index (χ0n) is 5.39. The molecule has 4 nitrogen and oxygen atoms in total. The summed E-state index contributed by atoms with van der Waals surface area (Å²) in [5.41, 5.74) is 5.19. The highest BCUT2D eigenvalue weighted by atomic mass is 16.1. The summed E-state index contributed by atoms with van der Waals surface area (Å²) in [4.78, 5) is 9.67. The van der Waals surface area contributed by atoms with Crippen LogP contribution >= 0.6 is 0 Å². The first-order chi connectivity index (χ1) is 4.41. The van der Waals surface area contributed by atoms with Gasteiger partial charge >= 0.3 is 0 Å². The summed E-state index contributed by atoms with van der Waals surface area (Å²) in [7, 11) is 0. The molecule has 54 valence electrons. The number of carbonyl (C=O) groups is 1. The lowest BCUT2D eigenvalue weighted by Gasteiger charge is -1.99. The van der Waals surface area contributed by atoms with Gasteiger partial charge in [0.2, 0.25) is 6.41 Å². The van der Waals surface area contributed by atoms with E-state index in [0.29, 0.717) is 19.5 Å². The zero-order valence-corrected chi connectivity index (χ0v) is 5.39. The molecule has 4 N–H and O–H groups in total. The van der Waals surface area contributed by atoms with Crippen molar-refractivity contribution in [3.8, 4) is 0 Å². The topological polar surface area (TPSA) is 67.2 Å². The number of carbonyl (C=O) groups excluding carboxylic acids is 1. The number of hydrogen-bond donors (Lipinski definition) is 3. The molecule has 0 aromatic heterocycles. The Bertz CT molecular complexity index is 67.2. The Morgan fingerprint density at radius 2 is 2.11 bits per heavy atom. The molecule has 0 saturated heterocycles. The second-order valence-corrected chi connectivity index (χ2v) is 1.61. The fourth-order valence-corrected chi connectivity index (χ4v) is 0.447. The summed E-state index contributed by atoms with van der Waals surface area (Å²) >= 11 is 0. The molecule has 9 heavy (non-hydrogen) atoms. The summed E-state index contributed by atoms with van der Waals surface area (Å²) in [5.74, 6) is 0. The van der Waals surface area contributed by atoms with Crippen molar-refractivity contribution in [3.63, 3.8) is 0 Å². The molecule has 0 spiro atoms. The third-order valence-corrected chi connectivity index (χ3v) is 0.851. The molecule has 0 atom stereocenters. The summed E-state index contributed by atoms with van der Waals surface area (Å²) in [5, 5.41) is 5.55. The normalized spacial score (nSPS) is 9.00. The molecule has 0 aliphatic heterocycles. The number of nitrogens with one attached hydrogen (secondary N) is 2. The van der Waals surface area contributed by atoms with Crippen LogP contribution in [-0.4, -0.2) is 32.6 Å². The van der Waals surface area contributed by atoms with E-state index in [9.17, 15) is 4.79 Å². The molecule has 0 aliphatic rings. The Labute approximate surface area is 54.8 Å². The first-order valence-corrected chi connectivity index (χ1v) is 2.99. The van der Waals surface area contributed by atoms with Gasteiger partial charge in [-0.3, -0.25) is 4.79 Å². The molecule has 1 amide bonds. The lowest BCUT2D eigenvalue weighted by molar-refractivity contribution is -0.109. The molecule has 0 bridgehead atoms. The van der Waals surface area contributed by atoms with Crippen molar-refractivity contribution >= 4 is 6.41 Å². The van der Waals surface area contributed by atoms with Crippen LogP contribution in [0.5, 0.6) is 0 Å². The van der Waals surface area contributed by atoms with Crippen LogP contribution in [0.2, 0.25) is 0 Å². The Kier molecular flexibility index (Phi) is 6.89. The first kappa shape index (κ1) is 8.39. The quantitative estimate of drug-likeness (QED) is 0.297. The van der Waals surface area contributed by atoms with E-state index in [4.69, 9.17) is 5.73 Å². The van der Waals surface area contributed by atoms with Gasteiger partial charge in [0.1, 0.15) is 0 Å². The third-order valence-electron chi connectivity index (χ3n) is 0.851. The van der Waals surface area contributed by atoms with E-state index in [1.165, 1.54) is 0 Å². The number of amides is 1. The number of rotatable bonds is 6. The van der Waals surface area contributed by atoms with Gasteiger partial charge in [0, 0.05) is 26.2 Å². The van der Waals surface area contributed by atoms with Gasteiger partial charge in [-0.1, -0.05) is 0 Å². The summed E-state index contributed by atoms with van der Waals surface area (Å²) in [6, 6.07) is 0. The molecule has 4 heteroatoms. The molecule has 0 unspecified atom stereocenters. The van der Waals surface area contributed by atoms with Crippen LogP contribution in [0.15, 0.2) is 0 Å². The van der Waals surface area contributed by atoms with Gasteiger partial charge in [0.05, 0.1) is 0 Å². The number of nitrogens with two attached hydrogens (primary N) is 1. The third kappa shape index (κ3) is 7.39. The van der Waals surface area contributed by atoms with E-state index >= 15 is 0 Å². The average molecular weight is 131 g/mol. The van der Waals surface area contributed by atoms with Crippen LogP contribution in [0.3, 0.4) is 0 Å². The smallest absolute Gasteiger partial charge is 0.207 e. The van der Waals surface area contributed by atoms with Gasteiger partial charge in [-0.15, -0.1) is 0 Å².